The SMILES string of the molecule is CB1OC(C)[C@H](C)O1. The summed E-state index contributed by atoms with van der Waals surface area (Å²) in [4.78, 5) is 0. The Balaban J connectivity index is 2.39. The Hall–Kier alpha value is -0.0151. The lowest BCUT2D eigenvalue weighted by molar-refractivity contribution is 0.187. The van der Waals surface area contributed by atoms with Crippen molar-refractivity contribution in [3.05, 3.63) is 0 Å². The molecule has 0 N–H and O–H groups in total. The van der Waals surface area contributed by atoms with Crippen LogP contribution in [0.25, 0.3) is 0 Å². The Bertz CT molecular complexity index is 76.5. The highest BCUT2D eigenvalue weighted by Gasteiger charge is 2.29. The molecule has 0 amide bonds. The lowest BCUT2D eigenvalue weighted by atomic mass is 9.97. The second-order valence-electron chi connectivity index (χ2n) is 2.25. The van der Waals surface area contributed by atoms with Crippen LogP contribution in [-0.2, 0) is 9.31 Å². The molecule has 0 radical (unpaired) electrons. The van der Waals surface area contributed by atoms with Gasteiger partial charge in [-0.25, -0.2) is 0 Å². The lowest BCUT2D eigenvalue weighted by Crippen LogP contribution is -2.13. The molecule has 1 fully saturated rings. The van der Waals surface area contributed by atoms with E-state index < -0.39 is 0 Å². The zero-order valence-electron chi connectivity index (χ0n) is 5.55. The molecular weight excluding hydrogens is 103 g/mol. The molecule has 0 aliphatic carbocycles. The standard InChI is InChI=1S/C5H11BO2/c1-4-5(2)8-6(3)7-4/h4-5H,1-3H3/t4-,5?/m0/s1. The largest absolute Gasteiger partial charge is 0.454 e. The monoisotopic (exact) mass is 114 g/mol. The van der Waals surface area contributed by atoms with E-state index in [1.54, 1.807) is 0 Å². The first-order valence-corrected chi connectivity index (χ1v) is 3.01. The van der Waals surface area contributed by atoms with Crippen LogP contribution in [0.3, 0.4) is 0 Å². The topological polar surface area (TPSA) is 18.5 Å². The van der Waals surface area contributed by atoms with E-state index in [1.807, 2.05) is 20.7 Å². The molecule has 0 saturated carbocycles. The molecule has 1 saturated heterocycles. The Kier molecular flexibility index (Phi) is 1.58. The van der Waals surface area contributed by atoms with Gasteiger partial charge in [0.25, 0.3) is 0 Å². The molecule has 46 valence electrons. The van der Waals surface area contributed by atoms with Crippen molar-refractivity contribution in [3.8, 4) is 0 Å². The van der Waals surface area contributed by atoms with Gasteiger partial charge < -0.3 is 9.31 Å². The molecule has 2 atom stereocenters. The van der Waals surface area contributed by atoms with E-state index in [2.05, 4.69) is 0 Å². The minimum atomic E-state index is -0.000000000000000222. The van der Waals surface area contributed by atoms with Crippen molar-refractivity contribution < 1.29 is 9.31 Å². The summed E-state index contributed by atoms with van der Waals surface area (Å²) in [6.45, 7) is 5.96. The van der Waals surface area contributed by atoms with Gasteiger partial charge >= 0.3 is 7.12 Å². The van der Waals surface area contributed by atoms with Crippen LogP contribution in [0.15, 0.2) is 0 Å². The first-order valence-electron chi connectivity index (χ1n) is 3.01. The van der Waals surface area contributed by atoms with Crippen LogP contribution < -0.4 is 0 Å². The van der Waals surface area contributed by atoms with Crippen LogP contribution >= 0.6 is 0 Å². The van der Waals surface area contributed by atoms with Gasteiger partial charge in [0.1, 0.15) is 0 Å². The van der Waals surface area contributed by atoms with Crippen molar-refractivity contribution in [2.75, 3.05) is 0 Å². The molecule has 0 spiro atoms. The fraction of sp³-hybridized carbons (Fsp3) is 1.00. The van der Waals surface area contributed by atoms with Crippen LogP contribution in [0.1, 0.15) is 13.8 Å². The van der Waals surface area contributed by atoms with E-state index in [-0.39, 0.29) is 19.3 Å². The fourth-order valence-corrected chi connectivity index (χ4v) is 0.858. The summed E-state index contributed by atoms with van der Waals surface area (Å²) in [5.41, 5.74) is 0. The number of hydrogen-bond acceptors (Lipinski definition) is 2. The van der Waals surface area contributed by atoms with Crippen molar-refractivity contribution in [1.29, 1.82) is 0 Å². The summed E-state index contributed by atoms with van der Waals surface area (Å²) < 4.78 is 10.5. The van der Waals surface area contributed by atoms with Crippen LogP contribution in [0.2, 0.25) is 6.82 Å². The highest BCUT2D eigenvalue weighted by Crippen LogP contribution is 2.14. The molecule has 1 aliphatic heterocycles. The predicted octanol–water partition coefficient (Wildman–Crippen LogP) is 0.928. The molecule has 0 aromatic heterocycles. The third-order valence-corrected chi connectivity index (χ3v) is 1.47. The predicted molar refractivity (Wildman–Crippen MR) is 32.7 cm³/mol. The molecular formula is C5H11BO2. The minimum absolute atomic E-state index is 0.000000000000000222. The first kappa shape index (κ1) is 6.11. The Labute approximate surface area is 50.3 Å². The van der Waals surface area contributed by atoms with Crippen molar-refractivity contribution in [3.63, 3.8) is 0 Å². The maximum Gasteiger partial charge on any atom is 0.454 e. The van der Waals surface area contributed by atoms with Crippen molar-refractivity contribution >= 4 is 7.12 Å². The molecule has 2 nitrogen and oxygen atoms in total. The van der Waals surface area contributed by atoms with Gasteiger partial charge in [0.15, 0.2) is 0 Å². The number of hydrogen-bond donors (Lipinski definition) is 0. The quantitative estimate of drug-likeness (QED) is 0.436. The van der Waals surface area contributed by atoms with Crippen molar-refractivity contribution in [2.24, 2.45) is 0 Å². The molecule has 1 aliphatic rings. The van der Waals surface area contributed by atoms with Gasteiger partial charge in [0.05, 0.1) is 12.2 Å². The molecule has 8 heavy (non-hydrogen) atoms. The molecule has 0 aromatic rings. The summed E-state index contributed by atoms with van der Waals surface area (Å²) in [5.74, 6) is 0. The normalized spacial score (nSPS) is 38.6. The van der Waals surface area contributed by atoms with Gasteiger partial charge in [-0.15, -0.1) is 0 Å². The minimum Gasteiger partial charge on any atom is -0.406 e. The summed E-state index contributed by atoms with van der Waals surface area (Å²) >= 11 is 0. The van der Waals surface area contributed by atoms with Gasteiger partial charge in [-0.3, -0.25) is 0 Å². The van der Waals surface area contributed by atoms with Gasteiger partial charge in [-0.2, -0.15) is 0 Å². The fourth-order valence-electron chi connectivity index (χ4n) is 0.858. The van der Waals surface area contributed by atoms with Gasteiger partial charge in [-0.1, -0.05) is 0 Å². The maximum atomic E-state index is 5.25. The summed E-state index contributed by atoms with van der Waals surface area (Å²) in [6, 6.07) is 0. The van der Waals surface area contributed by atoms with E-state index in [0.29, 0.717) is 0 Å². The average molecular weight is 114 g/mol. The summed E-state index contributed by atoms with van der Waals surface area (Å²) in [5, 5.41) is 0. The first-order chi connectivity index (χ1) is 3.70. The van der Waals surface area contributed by atoms with E-state index in [4.69, 9.17) is 9.31 Å². The zero-order valence-corrected chi connectivity index (χ0v) is 5.55. The third-order valence-electron chi connectivity index (χ3n) is 1.47. The van der Waals surface area contributed by atoms with E-state index in [9.17, 15) is 0 Å². The molecule has 1 heterocycles. The van der Waals surface area contributed by atoms with Gasteiger partial charge in [-0.05, 0) is 20.7 Å². The Morgan fingerprint density at radius 2 is 1.50 bits per heavy atom. The molecule has 0 aromatic carbocycles. The van der Waals surface area contributed by atoms with Crippen LogP contribution in [-0.4, -0.2) is 19.3 Å². The van der Waals surface area contributed by atoms with Crippen molar-refractivity contribution in [2.45, 2.75) is 32.9 Å². The Morgan fingerprint density at radius 1 is 1.12 bits per heavy atom. The van der Waals surface area contributed by atoms with Crippen molar-refractivity contribution in [1.82, 2.24) is 0 Å². The van der Waals surface area contributed by atoms with E-state index >= 15 is 0 Å². The second kappa shape index (κ2) is 2.07. The summed E-state index contributed by atoms with van der Waals surface area (Å²) in [7, 11) is -0.000000000000000222. The second-order valence-corrected chi connectivity index (χ2v) is 2.25. The highest BCUT2D eigenvalue weighted by atomic mass is 16.6. The zero-order chi connectivity index (χ0) is 6.15. The molecule has 3 heteroatoms. The van der Waals surface area contributed by atoms with E-state index in [1.165, 1.54) is 0 Å². The van der Waals surface area contributed by atoms with Gasteiger partial charge in [0, 0.05) is 0 Å². The summed E-state index contributed by atoms with van der Waals surface area (Å²) in [6.07, 6.45) is 0.537. The maximum absolute atomic E-state index is 5.25. The van der Waals surface area contributed by atoms with Gasteiger partial charge in [0.2, 0.25) is 0 Å². The van der Waals surface area contributed by atoms with Crippen LogP contribution in [0, 0.1) is 0 Å². The smallest absolute Gasteiger partial charge is 0.406 e. The highest BCUT2D eigenvalue weighted by molar-refractivity contribution is 6.43. The molecule has 1 rings (SSSR count). The van der Waals surface area contributed by atoms with Crippen LogP contribution in [0.4, 0.5) is 0 Å². The molecule has 1 unspecified atom stereocenters. The van der Waals surface area contributed by atoms with E-state index in [0.717, 1.165) is 0 Å². The lowest BCUT2D eigenvalue weighted by Gasteiger charge is -2.04. The average Bonchev–Trinajstić information content (AvgIpc) is 1.85. The Morgan fingerprint density at radius 3 is 1.62 bits per heavy atom. The number of rotatable bonds is 0. The molecule has 0 bridgehead atoms. The third kappa shape index (κ3) is 1.04. The van der Waals surface area contributed by atoms with Crippen LogP contribution in [0.5, 0.6) is 0 Å².